The molecule has 1 saturated heterocycles. The van der Waals surface area contributed by atoms with Crippen molar-refractivity contribution in [1.29, 1.82) is 0 Å². The molecule has 13 heteroatoms. The minimum Gasteiger partial charge on any atom is -0.768 e. The number of morpholine rings is 1. The third-order valence-electron chi connectivity index (χ3n) is 7.20. The summed E-state index contributed by atoms with van der Waals surface area (Å²) in [5.41, 5.74) is 3.44. The van der Waals surface area contributed by atoms with Crippen LogP contribution in [0.5, 0.6) is 17.2 Å². The molecule has 2 aromatic heterocycles. The van der Waals surface area contributed by atoms with E-state index in [0.29, 0.717) is 48.2 Å². The molecular weight excluding hydrogens is 580 g/mol. The van der Waals surface area contributed by atoms with Gasteiger partial charge in [0, 0.05) is 37.0 Å². The van der Waals surface area contributed by atoms with Gasteiger partial charge < -0.3 is 23.5 Å². The van der Waals surface area contributed by atoms with Gasteiger partial charge in [0.15, 0.2) is 0 Å². The van der Waals surface area contributed by atoms with E-state index < -0.39 is 21.9 Å². The van der Waals surface area contributed by atoms with Crippen LogP contribution in [0.25, 0.3) is 16.7 Å². The molecule has 2 aromatic carbocycles. The first-order valence-electron chi connectivity index (χ1n) is 13.4. The van der Waals surface area contributed by atoms with Crippen LogP contribution < -0.4 is 14.2 Å². The normalized spacial score (nSPS) is 15.5. The van der Waals surface area contributed by atoms with Gasteiger partial charge in [-0.3, -0.25) is 22.9 Å². The van der Waals surface area contributed by atoms with E-state index >= 15 is 0 Å². The van der Waals surface area contributed by atoms with Crippen LogP contribution >= 0.6 is 0 Å². The Hall–Kier alpha value is -3.36. The van der Waals surface area contributed by atoms with Gasteiger partial charge >= 0.3 is 0 Å². The molecule has 0 N–H and O–H groups in total. The zero-order valence-electron chi connectivity index (χ0n) is 24.0. The van der Waals surface area contributed by atoms with E-state index in [-0.39, 0.29) is 27.1 Å². The van der Waals surface area contributed by atoms with Crippen LogP contribution in [-0.4, -0.2) is 86.1 Å². The molecule has 3 heterocycles. The topological polar surface area (TPSA) is 128 Å². The number of imidazole rings is 1. The quantitative estimate of drug-likeness (QED) is 0.233. The van der Waals surface area contributed by atoms with Crippen molar-refractivity contribution in [2.45, 2.75) is 29.7 Å². The second-order valence-electron chi connectivity index (χ2n) is 9.74. The zero-order valence-corrected chi connectivity index (χ0v) is 25.6. The van der Waals surface area contributed by atoms with E-state index in [1.165, 1.54) is 7.11 Å². The number of para-hydroxylation sites is 2. The molecule has 0 spiro atoms. The van der Waals surface area contributed by atoms with Gasteiger partial charge in [-0.15, -0.1) is 0 Å². The first kappa shape index (κ1) is 30.1. The van der Waals surface area contributed by atoms with Crippen LogP contribution in [0, 0.1) is 13.8 Å². The predicted molar refractivity (Wildman–Crippen MR) is 158 cm³/mol. The molecule has 42 heavy (non-hydrogen) atoms. The zero-order chi connectivity index (χ0) is 29.8. The predicted octanol–water partition coefficient (Wildman–Crippen LogP) is 3.31. The molecule has 2 atom stereocenters. The van der Waals surface area contributed by atoms with Crippen LogP contribution in [0.1, 0.15) is 16.8 Å². The molecule has 11 nitrogen and oxygen atoms in total. The summed E-state index contributed by atoms with van der Waals surface area (Å²) in [4.78, 5) is 11.3. The number of nitrogens with zero attached hydrogens (tertiary/aromatic N) is 4. The summed E-state index contributed by atoms with van der Waals surface area (Å²) in [6.07, 6.45) is 1.68. The summed E-state index contributed by atoms with van der Waals surface area (Å²) >= 11 is -2.67. The Kier molecular flexibility index (Phi) is 9.53. The molecule has 0 aliphatic carbocycles. The molecule has 1 aliphatic rings. The number of pyridine rings is 1. The Morgan fingerprint density at radius 3 is 2.50 bits per heavy atom. The number of ether oxygens (including phenoxy) is 4. The fourth-order valence-electron chi connectivity index (χ4n) is 5.07. The van der Waals surface area contributed by atoms with E-state index in [1.807, 2.05) is 38.1 Å². The van der Waals surface area contributed by atoms with Crippen LogP contribution in [0.2, 0.25) is 0 Å². The maximum atomic E-state index is 14.1. The minimum atomic E-state index is -2.67. The lowest BCUT2D eigenvalue weighted by Crippen LogP contribution is -2.38. The van der Waals surface area contributed by atoms with Gasteiger partial charge in [0.1, 0.15) is 29.4 Å². The molecule has 0 bridgehead atoms. The van der Waals surface area contributed by atoms with Crippen LogP contribution in [-0.2, 0) is 32.4 Å². The van der Waals surface area contributed by atoms with Gasteiger partial charge in [-0.05, 0) is 49.2 Å². The van der Waals surface area contributed by atoms with Crippen molar-refractivity contribution in [2.75, 3.05) is 53.7 Å². The van der Waals surface area contributed by atoms with Crippen LogP contribution in [0.3, 0.4) is 0 Å². The highest BCUT2D eigenvalue weighted by molar-refractivity contribution is 7.84. The fourth-order valence-corrected chi connectivity index (χ4v) is 6.95. The fraction of sp³-hybridized carbons (Fsp3) is 0.379. The van der Waals surface area contributed by atoms with Crippen molar-refractivity contribution in [1.82, 2.24) is 19.4 Å². The molecule has 0 amide bonds. The van der Waals surface area contributed by atoms with Crippen molar-refractivity contribution in [2.24, 2.45) is 0 Å². The van der Waals surface area contributed by atoms with Gasteiger partial charge in [0.25, 0.3) is 0 Å². The highest BCUT2D eigenvalue weighted by Crippen LogP contribution is 2.36. The lowest BCUT2D eigenvalue weighted by molar-refractivity contribution is 0.0322. The molecule has 2 unspecified atom stereocenters. The Balaban J connectivity index is 1.60. The molecule has 4 aromatic rings. The Labute approximate surface area is 249 Å². The van der Waals surface area contributed by atoms with Gasteiger partial charge in [0.2, 0.25) is 5.16 Å². The smallest absolute Gasteiger partial charge is 0.205 e. The lowest BCUT2D eigenvalue weighted by Gasteiger charge is -2.26. The highest BCUT2D eigenvalue weighted by atomic mass is 32.2. The molecular formula is C29H33N4O7S2-. The van der Waals surface area contributed by atoms with Crippen LogP contribution in [0.4, 0.5) is 0 Å². The van der Waals surface area contributed by atoms with Crippen molar-refractivity contribution < 1.29 is 31.9 Å². The standard InChI is InChI=1S/C29H34N4O7S2/c1-19-17-30-21(20(2)27(19)38-4)18-41(34)29-31-26-23(9-10-25(37-3)28(26)42(35)36)33(29)22-7-5-6-8-24(22)40-16-13-32-11-14-39-15-12-32/h5-10,17H,11-16,18H2,1-4H3,(H,35,36)/p-1. The number of rotatable bonds is 11. The summed E-state index contributed by atoms with van der Waals surface area (Å²) in [6, 6.07) is 10.6. The van der Waals surface area contributed by atoms with Gasteiger partial charge in [-0.25, -0.2) is 4.98 Å². The number of benzene rings is 2. The average Bonchev–Trinajstić information content (AvgIpc) is 3.38. The Morgan fingerprint density at radius 1 is 1.02 bits per heavy atom. The summed E-state index contributed by atoms with van der Waals surface area (Å²) < 4.78 is 63.0. The summed E-state index contributed by atoms with van der Waals surface area (Å²) in [5.74, 6) is 1.42. The molecule has 0 radical (unpaired) electrons. The van der Waals surface area contributed by atoms with Crippen molar-refractivity contribution >= 4 is 32.9 Å². The number of fused-ring (bicyclic) bond motifs is 1. The average molecular weight is 614 g/mol. The maximum absolute atomic E-state index is 14.1. The number of methoxy groups -OCH3 is 2. The summed E-state index contributed by atoms with van der Waals surface area (Å²) in [6.45, 7) is 7.99. The van der Waals surface area contributed by atoms with Gasteiger partial charge in [0.05, 0.1) is 65.8 Å². The molecule has 1 aliphatic heterocycles. The first-order valence-corrected chi connectivity index (χ1v) is 15.8. The Morgan fingerprint density at radius 2 is 1.79 bits per heavy atom. The van der Waals surface area contributed by atoms with Crippen molar-refractivity contribution in [3.63, 3.8) is 0 Å². The molecule has 5 rings (SSSR count). The van der Waals surface area contributed by atoms with E-state index in [1.54, 1.807) is 30.0 Å². The second kappa shape index (κ2) is 13.3. The number of aryl methyl sites for hydroxylation is 1. The largest absolute Gasteiger partial charge is 0.768 e. The number of hydrogen-bond acceptors (Lipinski definition) is 10. The third kappa shape index (κ3) is 6.06. The third-order valence-corrected chi connectivity index (χ3v) is 9.14. The van der Waals surface area contributed by atoms with Gasteiger partial charge in [-0.2, -0.15) is 0 Å². The molecule has 0 saturated carbocycles. The molecule has 224 valence electrons. The van der Waals surface area contributed by atoms with E-state index in [2.05, 4.69) is 14.9 Å². The van der Waals surface area contributed by atoms with E-state index in [0.717, 1.165) is 30.8 Å². The second-order valence-corrected chi connectivity index (χ2v) is 12.0. The monoisotopic (exact) mass is 613 g/mol. The molecule has 1 fully saturated rings. The van der Waals surface area contributed by atoms with E-state index in [9.17, 15) is 13.0 Å². The van der Waals surface area contributed by atoms with Crippen LogP contribution in [0.15, 0.2) is 52.6 Å². The van der Waals surface area contributed by atoms with Gasteiger partial charge in [-0.1, -0.05) is 12.1 Å². The van der Waals surface area contributed by atoms with E-state index in [4.69, 9.17) is 18.9 Å². The highest BCUT2D eigenvalue weighted by Gasteiger charge is 2.25. The maximum Gasteiger partial charge on any atom is 0.205 e. The van der Waals surface area contributed by atoms with Crippen molar-refractivity contribution in [3.8, 4) is 22.9 Å². The number of aromatic nitrogens is 3. The number of hydrogen-bond donors (Lipinski definition) is 0. The summed E-state index contributed by atoms with van der Waals surface area (Å²) in [7, 11) is 1.24. The summed E-state index contributed by atoms with van der Waals surface area (Å²) in [5, 5.41) is 0.162. The SMILES string of the molecule is COc1ccc2c(nc(S(=O)Cc3ncc(C)c(OC)c3C)n2-c2ccccc2OCCN2CCOCC2)c1S(=O)[O-]. The first-order chi connectivity index (χ1) is 20.3. The minimum absolute atomic E-state index is 0.0405. The van der Waals surface area contributed by atoms with Crippen molar-refractivity contribution in [3.05, 3.63) is 59.4 Å². The lowest BCUT2D eigenvalue weighted by atomic mass is 10.1. The Bertz CT molecular complexity index is 1640.